The van der Waals surface area contributed by atoms with Crippen molar-refractivity contribution in [1.82, 2.24) is 5.32 Å². The van der Waals surface area contributed by atoms with Gasteiger partial charge < -0.3 is 10.1 Å². The van der Waals surface area contributed by atoms with E-state index in [9.17, 15) is 0 Å². The number of benzene rings is 2. The number of hydrogen-bond acceptors (Lipinski definition) is 2. The normalized spacial score (nSPS) is 13.6. The third kappa shape index (κ3) is 4.88. The molecule has 2 atom stereocenters. The quantitative estimate of drug-likeness (QED) is 0.774. The fraction of sp³-hybridized carbons (Fsp3) is 0.400. The van der Waals surface area contributed by atoms with Crippen LogP contribution in [0.1, 0.15) is 49.9 Å². The van der Waals surface area contributed by atoms with Gasteiger partial charge in [-0.2, -0.15) is 0 Å². The molecule has 0 saturated heterocycles. The van der Waals surface area contributed by atoms with Crippen LogP contribution in [-0.2, 0) is 6.54 Å². The molecule has 0 saturated carbocycles. The maximum absolute atomic E-state index is 5.82. The molecule has 22 heavy (non-hydrogen) atoms. The third-order valence-electron chi connectivity index (χ3n) is 4.03. The van der Waals surface area contributed by atoms with Crippen LogP contribution in [0.2, 0.25) is 0 Å². The molecule has 0 bridgehead atoms. The zero-order valence-corrected chi connectivity index (χ0v) is 14.1. The van der Waals surface area contributed by atoms with Gasteiger partial charge in [-0.1, -0.05) is 48.9 Å². The Morgan fingerprint density at radius 2 is 1.59 bits per heavy atom. The first-order chi connectivity index (χ1) is 10.6. The number of rotatable bonds is 7. The van der Waals surface area contributed by atoms with Gasteiger partial charge >= 0.3 is 0 Å². The Morgan fingerprint density at radius 3 is 2.18 bits per heavy atom. The molecule has 2 unspecified atom stereocenters. The fourth-order valence-electron chi connectivity index (χ4n) is 2.25. The molecule has 118 valence electrons. The summed E-state index contributed by atoms with van der Waals surface area (Å²) in [5.74, 6) is 0.948. The summed E-state index contributed by atoms with van der Waals surface area (Å²) in [6.45, 7) is 9.42. The van der Waals surface area contributed by atoms with E-state index in [1.165, 1.54) is 16.7 Å². The second kappa shape index (κ2) is 8.00. The van der Waals surface area contributed by atoms with E-state index in [2.05, 4.69) is 81.5 Å². The Kier molecular flexibility index (Phi) is 6.02. The summed E-state index contributed by atoms with van der Waals surface area (Å²) in [7, 11) is 0. The maximum Gasteiger partial charge on any atom is 0.119 e. The SMILES string of the molecule is CCC(C)Oc1ccc(C(C)NCc2ccc(C)cc2)cc1. The number of aryl methyl sites for hydroxylation is 1. The molecule has 2 rings (SSSR count). The molecule has 2 heteroatoms. The first kappa shape index (κ1) is 16.6. The van der Waals surface area contributed by atoms with Crippen molar-refractivity contribution in [2.45, 2.75) is 52.8 Å². The van der Waals surface area contributed by atoms with E-state index in [0.717, 1.165) is 18.7 Å². The van der Waals surface area contributed by atoms with Gasteiger partial charge in [0, 0.05) is 12.6 Å². The highest BCUT2D eigenvalue weighted by atomic mass is 16.5. The molecular formula is C20H27NO. The zero-order valence-electron chi connectivity index (χ0n) is 14.1. The summed E-state index contributed by atoms with van der Waals surface area (Å²) in [5.41, 5.74) is 3.89. The van der Waals surface area contributed by atoms with E-state index >= 15 is 0 Å². The molecule has 0 radical (unpaired) electrons. The lowest BCUT2D eigenvalue weighted by Crippen LogP contribution is -2.18. The molecule has 0 heterocycles. The molecule has 0 aromatic heterocycles. The first-order valence-corrected chi connectivity index (χ1v) is 8.14. The van der Waals surface area contributed by atoms with Crippen molar-refractivity contribution in [3.05, 3.63) is 65.2 Å². The second-order valence-electron chi connectivity index (χ2n) is 5.99. The van der Waals surface area contributed by atoms with Crippen LogP contribution in [0, 0.1) is 6.92 Å². The minimum atomic E-state index is 0.267. The van der Waals surface area contributed by atoms with E-state index < -0.39 is 0 Å². The van der Waals surface area contributed by atoms with Gasteiger partial charge in [-0.25, -0.2) is 0 Å². The molecule has 0 aliphatic carbocycles. The third-order valence-corrected chi connectivity index (χ3v) is 4.03. The standard InChI is InChI=1S/C20H27NO/c1-5-16(3)22-20-12-10-19(11-13-20)17(4)21-14-18-8-6-15(2)7-9-18/h6-13,16-17,21H,5,14H2,1-4H3. The molecular weight excluding hydrogens is 270 g/mol. The van der Waals surface area contributed by atoms with Gasteiger partial charge in [-0.05, 0) is 50.5 Å². The summed E-state index contributed by atoms with van der Waals surface area (Å²) >= 11 is 0. The molecule has 2 aromatic carbocycles. The van der Waals surface area contributed by atoms with E-state index in [4.69, 9.17) is 4.74 Å². The Hall–Kier alpha value is -1.80. The minimum absolute atomic E-state index is 0.267. The molecule has 0 aliphatic rings. The number of nitrogens with one attached hydrogen (secondary N) is 1. The van der Waals surface area contributed by atoms with Crippen LogP contribution in [0.5, 0.6) is 5.75 Å². The zero-order chi connectivity index (χ0) is 15.9. The van der Waals surface area contributed by atoms with Crippen molar-refractivity contribution in [3.63, 3.8) is 0 Å². The van der Waals surface area contributed by atoms with Crippen molar-refractivity contribution >= 4 is 0 Å². The minimum Gasteiger partial charge on any atom is -0.491 e. The van der Waals surface area contributed by atoms with Crippen LogP contribution in [-0.4, -0.2) is 6.10 Å². The summed E-state index contributed by atoms with van der Waals surface area (Å²) in [6.07, 6.45) is 1.29. The highest BCUT2D eigenvalue weighted by Crippen LogP contribution is 2.19. The Labute approximate surface area is 134 Å². The van der Waals surface area contributed by atoms with Crippen molar-refractivity contribution in [2.75, 3.05) is 0 Å². The van der Waals surface area contributed by atoms with Gasteiger partial charge in [-0.15, -0.1) is 0 Å². The van der Waals surface area contributed by atoms with E-state index in [1.54, 1.807) is 0 Å². The lowest BCUT2D eigenvalue weighted by molar-refractivity contribution is 0.217. The largest absolute Gasteiger partial charge is 0.491 e. The van der Waals surface area contributed by atoms with Crippen LogP contribution in [0.3, 0.4) is 0 Å². The van der Waals surface area contributed by atoms with E-state index in [-0.39, 0.29) is 6.10 Å². The number of hydrogen-bond donors (Lipinski definition) is 1. The average molecular weight is 297 g/mol. The van der Waals surface area contributed by atoms with Gasteiger partial charge in [0.05, 0.1) is 6.10 Å². The lowest BCUT2D eigenvalue weighted by Gasteiger charge is -2.16. The summed E-state index contributed by atoms with van der Waals surface area (Å²) < 4.78 is 5.82. The lowest BCUT2D eigenvalue weighted by atomic mass is 10.1. The van der Waals surface area contributed by atoms with Crippen molar-refractivity contribution in [3.8, 4) is 5.75 Å². The first-order valence-electron chi connectivity index (χ1n) is 8.14. The van der Waals surface area contributed by atoms with Crippen LogP contribution < -0.4 is 10.1 Å². The van der Waals surface area contributed by atoms with Gasteiger partial charge in [-0.3, -0.25) is 0 Å². The van der Waals surface area contributed by atoms with Crippen molar-refractivity contribution < 1.29 is 4.74 Å². The maximum atomic E-state index is 5.82. The number of ether oxygens (including phenoxy) is 1. The fourth-order valence-corrected chi connectivity index (χ4v) is 2.25. The van der Waals surface area contributed by atoms with Gasteiger partial charge in [0.2, 0.25) is 0 Å². The monoisotopic (exact) mass is 297 g/mol. The van der Waals surface area contributed by atoms with Gasteiger partial charge in [0.1, 0.15) is 5.75 Å². The molecule has 0 amide bonds. The van der Waals surface area contributed by atoms with Crippen molar-refractivity contribution in [2.24, 2.45) is 0 Å². The smallest absolute Gasteiger partial charge is 0.119 e. The molecule has 1 N–H and O–H groups in total. The van der Waals surface area contributed by atoms with Gasteiger partial charge in [0.25, 0.3) is 0 Å². The van der Waals surface area contributed by atoms with Crippen LogP contribution >= 0.6 is 0 Å². The predicted molar refractivity (Wildman–Crippen MR) is 93.3 cm³/mol. The molecule has 0 fully saturated rings. The summed E-state index contributed by atoms with van der Waals surface area (Å²) in [5, 5.41) is 3.57. The van der Waals surface area contributed by atoms with Gasteiger partial charge in [0.15, 0.2) is 0 Å². The Bertz CT molecular complexity index is 559. The molecule has 0 spiro atoms. The average Bonchev–Trinajstić information content (AvgIpc) is 2.54. The molecule has 0 aliphatic heterocycles. The van der Waals surface area contributed by atoms with Crippen LogP contribution in [0.15, 0.2) is 48.5 Å². The predicted octanol–water partition coefficient (Wildman–Crippen LogP) is 5.02. The second-order valence-corrected chi connectivity index (χ2v) is 5.99. The highest BCUT2D eigenvalue weighted by Gasteiger charge is 2.06. The molecule has 2 aromatic rings. The van der Waals surface area contributed by atoms with Crippen molar-refractivity contribution in [1.29, 1.82) is 0 Å². The van der Waals surface area contributed by atoms with E-state index in [1.807, 2.05) is 0 Å². The Morgan fingerprint density at radius 1 is 0.955 bits per heavy atom. The Balaban J connectivity index is 1.89. The van der Waals surface area contributed by atoms with Crippen LogP contribution in [0.25, 0.3) is 0 Å². The highest BCUT2D eigenvalue weighted by molar-refractivity contribution is 5.29. The molecule has 2 nitrogen and oxygen atoms in total. The summed E-state index contributed by atoms with van der Waals surface area (Å²) in [6, 6.07) is 17.4. The van der Waals surface area contributed by atoms with E-state index in [0.29, 0.717) is 6.04 Å². The van der Waals surface area contributed by atoms with Crippen LogP contribution in [0.4, 0.5) is 0 Å². The summed E-state index contributed by atoms with van der Waals surface area (Å²) in [4.78, 5) is 0. The topological polar surface area (TPSA) is 21.3 Å².